The van der Waals surface area contributed by atoms with Gasteiger partial charge in [-0.3, -0.25) is 9.69 Å². The van der Waals surface area contributed by atoms with E-state index in [1.807, 2.05) is 6.07 Å². The third-order valence-electron chi connectivity index (χ3n) is 8.66. The summed E-state index contributed by atoms with van der Waals surface area (Å²) in [6.07, 6.45) is 6.84. The molecule has 1 saturated heterocycles. The van der Waals surface area contributed by atoms with Crippen LogP contribution in [0.4, 0.5) is 0 Å². The van der Waals surface area contributed by atoms with E-state index in [0.717, 1.165) is 48.7 Å². The Labute approximate surface area is 204 Å². The van der Waals surface area contributed by atoms with Gasteiger partial charge in [0.2, 0.25) is 5.91 Å². The van der Waals surface area contributed by atoms with Gasteiger partial charge in [-0.05, 0) is 62.6 Å². The van der Waals surface area contributed by atoms with Crippen molar-refractivity contribution in [3.8, 4) is 11.5 Å². The summed E-state index contributed by atoms with van der Waals surface area (Å²) in [7, 11) is 1.26. The molecule has 5 aliphatic rings. The first-order valence-electron chi connectivity index (χ1n) is 11.9. The zero-order valence-corrected chi connectivity index (χ0v) is 20.0. The number of aromatic hydroxyl groups is 1. The Morgan fingerprint density at radius 2 is 2.06 bits per heavy atom. The summed E-state index contributed by atoms with van der Waals surface area (Å²) < 4.78 is 11.0. The van der Waals surface area contributed by atoms with E-state index in [4.69, 9.17) is 4.74 Å². The quantitative estimate of drug-likeness (QED) is 0.425. The number of carbonyl (C=O) groups is 2. The van der Waals surface area contributed by atoms with Gasteiger partial charge >= 0.3 is 5.97 Å². The van der Waals surface area contributed by atoms with Gasteiger partial charge in [-0.2, -0.15) is 0 Å². The van der Waals surface area contributed by atoms with Crippen molar-refractivity contribution in [1.29, 1.82) is 0 Å². The number of halogens is 1. The predicted molar refractivity (Wildman–Crippen MR) is 125 cm³/mol. The molecule has 1 amide bonds. The molecule has 0 radical (unpaired) electrons. The zero-order chi connectivity index (χ0) is 23.0. The van der Waals surface area contributed by atoms with E-state index in [-0.39, 0.29) is 30.2 Å². The molecule has 8 nitrogen and oxygen atoms in total. The fourth-order valence-electron chi connectivity index (χ4n) is 7.07. The minimum absolute atomic E-state index is 0. The first-order valence-corrected chi connectivity index (χ1v) is 11.9. The molecule has 3 aliphatic carbocycles. The van der Waals surface area contributed by atoms with Gasteiger partial charge in [0.25, 0.3) is 0 Å². The average Bonchev–Trinajstić information content (AvgIpc) is 3.54. The Bertz CT molecular complexity index is 1060. The predicted octanol–water partition coefficient (Wildman–Crippen LogP) is 1.59. The number of rotatable bonds is 5. The number of esters is 1. The molecule has 1 aromatic rings. The molecule has 5 atom stereocenters. The Morgan fingerprint density at radius 1 is 1.26 bits per heavy atom. The molecule has 1 spiro atoms. The van der Waals surface area contributed by atoms with Crippen LogP contribution in [0.5, 0.6) is 11.5 Å². The maximum atomic E-state index is 12.6. The molecule has 2 aliphatic heterocycles. The lowest BCUT2D eigenvalue weighted by Gasteiger charge is -2.64. The standard InChI is InChI=1S/C25H30N2O6.ClH/c1-32-20(30)7-6-19(29)26-16-8-9-25(31)18-12-15-4-5-17(28)22-21(15)24(25,23(16)33-22)10-11-27(18)13-14-2-3-14;/h4-7,14,16,18,23,28,31H,2-3,8-13H2,1H3,(H,26,29);1H/t16-,18-,23+,24+,25-;/m1./s1. The van der Waals surface area contributed by atoms with Gasteiger partial charge in [0.05, 0.1) is 24.2 Å². The third-order valence-corrected chi connectivity index (χ3v) is 8.66. The second-order valence-corrected chi connectivity index (χ2v) is 10.3. The van der Waals surface area contributed by atoms with Crippen LogP contribution >= 0.6 is 12.4 Å². The largest absolute Gasteiger partial charge is 0.504 e. The van der Waals surface area contributed by atoms with Crippen molar-refractivity contribution in [2.24, 2.45) is 5.92 Å². The summed E-state index contributed by atoms with van der Waals surface area (Å²) in [5, 5.41) is 26.0. The van der Waals surface area contributed by atoms with Gasteiger partial charge < -0.3 is 25.0 Å². The van der Waals surface area contributed by atoms with E-state index in [2.05, 4.69) is 15.0 Å². The Hall–Kier alpha value is -2.29. The maximum Gasteiger partial charge on any atom is 0.330 e. The number of ether oxygens (including phenoxy) is 2. The van der Waals surface area contributed by atoms with Crippen molar-refractivity contribution in [2.45, 2.75) is 67.7 Å². The molecule has 2 heterocycles. The van der Waals surface area contributed by atoms with Crippen molar-refractivity contribution in [1.82, 2.24) is 10.2 Å². The summed E-state index contributed by atoms with van der Waals surface area (Å²) >= 11 is 0. The maximum absolute atomic E-state index is 12.6. The lowest BCUT2D eigenvalue weighted by Crippen LogP contribution is -2.78. The second kappa shape index (κ2) is 8.14. The average molecular weight is 491 g/mol. The number of phenolic OH excluding ortho intramolecular Hbond substituents is 1. The van der Waals surface area contributed by atoms with Crippen molar-refractivity contribution < 1.29 is 29.3 Å². The number of carbonyl (C=O) groups excluding carboxylic acids is 2. The Kier molecular flexibility index (Phi) is 5.61. The van der Waals surface area contributed by atoms with Crippen LogP contribution in [0.15, 0.2) is 24.3 Å². The summed E-state index contributed by atoms with van der Waals surface area (Å²) in [5.41, 5.74) is 0.390. The van der Waals surface area contributed by atoms with Crippen LogP contribution in [0.2, 0.25) is 0 Å². The lowest BCUT2D eigenvalue weighted by atomic mass is 9.48. The molecule has 2 saturated carbocycles. The molecule has 2 bridgehead atoms. The molecule has 3 fully saturated rings. The number of phenols is 1. The van der Waals surface area contributed by atoms with Crippen molar-refractivity contribution >= 4 is 24.3 Å². The molecular formula is C25H31ClN2O6. The minimum Gasteiger partial charge on any atom is -0.504 e. The molecular weight excluding hydrogens is 460 g/mol. The zero-order valence-electron chi connectivity index (χ0n) is 19.2. The summed E-state index contributed by atoms with van der Waals surface area (Å²) in [5.74, 6) is 0.256. The number of aliphatic hydroxyl groups is 1. The lowest BCUT2D eigenvalue weighted by molar-refractivity contribution is -0.192. The van der Waals surface area contributed by atoms with Crippen molar-refractivity contribution in [3.63, 3.8) is 0 Å². The number of amides is 1. The van der Waals surface area contributed by atoms with Crippen LogP contribution in [-0.2, 0) is 26.2 Å². The van der Waals surface area contributed by atoms with Crippen LogP contribution in [0.1, 0.15) is 43.2 Å². The number of nitrogens with zero attached hydrogens (tertiary/aromatic N) is 1. The normalized spacial score (nSPS) is 35.2. The van der Waals surface area contributed by atoms with Crippen LogP contribution in [0.3, 0.4) is 0 Å². The van der Waals surface area contributed by atoms with E-state index in [1.54, 1.807) is 6.07 Å². The minimum atomic E-state index is -0.986. The number of hydrogen-bond acceptors (Lipinski definition) is 7. The molecule has 9 heteroatoms. The SMILES string of the molecule is COC(=O)C=CC(=O)N[C@@H]1CC[C@@]2(O)[C@H]3Cc4ccc(O)c5c4[C@@]2(CCN3CC2CC2)[C@H]1O5.Cl. The van der Waals surface area contributed by atoms with Gasteiger partial charge in [-0.15, -0.1) is 12.4 Å². The van der Waals surface area contributed by atoms with Gasteiger partial charge in [-0.25, -0.2) is 4.79 Å². The molecule has 0 unspecified atom stereocenters. The summed E-state index contributed by atoms with van der Waals surface area (Å²) in [6, 6.07) is 3.29. The van der Waals surface area contributed by atoms with Crippen LogP contribution in [-0.4, -0.2) is 71.0 Å². The van der Waals surface area contributed by atoms with Crippen LogP contribution in [0.25, 0.3) is 0 Å². The highest BCUT2D eigenvalue weighted by Gasteiger charge is 2.73. The summed E-state index contributed by atoms with van der Waals surface area (Å²) in [6.45, 7) is 1.88. The molecule has 34 heavy (non-hydrogen) atoms. The number of piperidine rings is 1. The first kappa shape index (κ1) is 23.5. The molecule has 184 valence electrons. The van der Waals surface area contributed by atoms with Crippen molar-refractivity contribution in [2.75, 3.05) is 20.2 Å². The van der Waals surface area contributed by atoms with Gasteiger partial charge in [0.1, 0.15) is 6.10 Å². The second-order valence-electron chi connectivity index (χ2n) is 10.3. The van der Waals surface area contributed by atoms with E-state index >= 15 is 0 Å². The number of benzene rings is 1. The molecule has 3 N–H and O–H groups in total. The number of hydrogen-bond donors (Lipinski definition) is 3. The van der Waals surface area contributed by atoms with E-state index in [1.165, 1.54) is 20.0 Å². The van der Waals surface area contributed by atoms with Crippen molar-refractivity contribution in [3.05, 3.63) is 35.4 Å². The van der Waals surface area contributed by atoms with E-state index in [9.17, 15) is 19.8 Å². The highest BCUT2D eigenvalue weighted by molar-refractivity contribution is 5.94. The first-order chi connectivity index (χ1) is 15.9. The van der Waals surface area contributed by atoms with Crippen LogP contribution < -0.4 is 10.1 Å². The number of methoxy groups -OCH3 is 1. The van der Waals surface area contributed by atoms with E-state index < -0.39 is 29.0 Å². The van der Waals surface area contributed by atoms with E-state index in [0.29, 0.717) is 25.0 Å². The smallest absolute Gasteiger partial charge is 0.330 e. The summed E-state index contributed by atoms with van der Waals surface area (Å²) in [4.78, 5) is 26.4. The monoisotopic (exact) mass is 490 g/mol. The van der Waals surface area contributed by atoms with Crippen LogP contribution in [0, 0.1) is 5.92 Å². The van der Waals surface area contributed by atoms with Gasteiger partial charge in [0.15, 0.2) is 11.5 Å². The third kappa shape index (κ3) is 3.18. The number of nitrogens with one attached hydrogen (secondary N) is 1. The Morgan fingerprint density at radius 3 is 2.79 bits per heavy atom. The van der Waals surface area contributed by atoms with Gasteiger partial charge in [0, 0.05) is 30.3 Å². The highest BCUT2D eigenvalue weighted by Crippen LogP contribution is 2.65. The van der Waals surface area contributed by atoms with Gasteiger partial charge in [-0.1, -0.05) is 6.07 Å². The number of likely N-dealkylation sites (tertiary alicyclic amines) is 1. The fourth-order valence-corrected chi connectivity index (χ4v) is 7.07. The Balaban J connectivity index is 0.00000241. The molecule has 1 aromatic carbocycles. The molecule has 6 rings (SSSR count). The topological polar surface area (TPSA) is 108 Å². The highest BCUT2D eigenvalue weighted by atomic mass is 35.5. The molecule has 0 aromatic heterocycles. The fraction of sp³-hybridized carbons (Fsp3) is 0.600.